The molecule has 1 heterocycles. The molecule has 1 unspecified atom stereocenters. The Balaban J connectivity index is 1.88. The summed E-state index contributed by atoms with van der Waals surface area (Å²) < 4.78 is 25.4. The number of anilines is 2. The predicted molar refractivity (Wildman–Crippen MR) is 115 cm³/mol. The Morgan fingerprint density at radius 2 is 1.76 bits per heavy atom. The van der Waals surface area contributed by atoms with Gasteiger partial charge in [-0.25, -0.2) is 12.7 Å². The molecule has 1 aliphatic rings. The van der Waals surface area contributed by atoms with Gasteiger partial charge in [-0.2, -0.15) is 0 Å². The van der Waals surface area contributed by atoms with E-state index < -0.39 is 27.8 Å². The van der Waals surface area contributed by atoms with Gasteiger partial charge in [-0.3, -0.25) is 9.59 Å². The third-order valence-corrected chi connectivity index (χ3v) is 7.00. The first-order valence-corrected chi connectivity index (χ1v) is 11.2. The smallest absolute Gasteiger partial charge is 0.257 e. The summed E-state index contributed by atoms with van der Waals surface area (Å²) in [7, 11) is -3.76. The van der Waals surface area contributed by atoms with Crippen LogP contribution < -0.4 is 9.62 Å². The highest BCUT2D eigenvalue weighted by atomic mass is 35.5. The molecule has 1 aliphatic heterocycles. The number of rotatable bonds is 3. The number of nitrogens with zero attached hydrogens (tertiary/aromatic N) is 1. The number of hydrogen-bond acceptors (Lipinski definition) is 4. The lowest BCUT2D eigenvalue weighted by Crippen LogP contribution is -2.30. The van der Waals surface area contributed by atoms with Crippen molar-refractivity contribution in [3.63, 3.8) is 0 Å². The van der Waals surface area contributed by atoms with Gasteiger partial charge in [-0.1, -0.05) is 51.4 Å². The maximum Gasteiger partial charge on any atom is 0.257 e. The zero-order chi connectivity index (χ0) is 21.6. The molecule has 0 radical (unpaired) electrons. The van der Waals surface area contributed by atoms with Crippen molar-refractivity contribution < 1.29 is 18.0 Å². The van der Waals surface area contributed by atoms with Crippen LogP contribution in [0.5, 0.6) is 0 Å². The molecule has 1 atom stereocenters. The van der Waals surface area contributed by atoms with Crippen LogP contribution >= 0.6 is 11.6 Å². The van der Waals surface area contributed by atoms with Crippen LogP contribution in [0.4, 0.5) is 11.4 Å². The standard InChI is InChI=1S/C21H23ClN2O4S/c1-13-12-29(27,28)24(20(13)26)16-9-10-18(22)17(11-16)19(25)23-15-7-5-14(6-8-15)21(2,3)4/h5-11,13H,12H2,1-4H3,(H,23,25). The summed E-state index contributed by atoms with van der Waals surface area (Å²) in [6, 6.07) is 11.6. The molecule has 6 nitrogen and oxygen atoms in total. The number of sulfonamides is 1. The molecule has 2 aromatic carbocycles. The summed E-state index contributed by atoms with van der Waals surface area (Å²) in [6.07, 6.45) is 0. The molecule has 0 aliphatic carbocycles. The van der Waals surface area contributed by atoms with Crippen LogP contribution in [0.15, 0.2) is 42.5 Å². The van der Waals surface area contributed by atoms with Crippen LogP contribution in [-0.2, 0) is 20.2 Å². The molecule has 2 amide bonds. The topological polar surface area (TPSA) is 83.6 Å². The summed E-state index contributed by atoms with van der Waals surface area (Å²) in [5.74, 6) is -1.89. The molecule has 0 spiro atoms. The summed E-state index contributed by atoms with van der Waals surface area (Å²) in [5, 5.41) is 2.92. The van der Waals surface area contributed by atoms with Crippen molar-refractivity contribution in [2.24, 2.45) is 5.92 Å². The van der Waals surface area contributed by atoms with Gasteiger partial charge >= 0.3 is 0 Å². The Hall–Kier alpha value is -2.38. The van der Waals surface area contributed by atoms with Crippen molar-refractivity contribution in [2.45, 2.75) is 33.1 Å². The predicted octanol–water partition coefficient (Wildman–Crippen LogP) is 4.20. The van der Waals surface area contributed by atoms with Gasteiger partial charge in [0.05, 0.1) is 27.9 Å². The number of carbonyl (C=O) groups is 2. The van der Waals surface area contributed by atoms with Gasteiger partial charge in [0.2, 0.25) is 15.9 Å². The van der Waals surface area contributed by atoms with Crippen molar-refractivity contribution >= 4 is 44.8 Å². The lowest BCUT2D eigenvalue weighted by atomic mass is 9.87. The average Bonchev–Trinajstić information content (AvgIpc) is 2.82. The maximum absolute atomic E-state index is 12.7. The van der Waals surface area contributed by atoms with Crippen LogP contribution in [0.25, 0.3) is 0 Å². The third kappa shape index (κ3) is 4.31. The van der Waals surface area contributed by atoms with Gasteiger partial charge in [-0.05, 0) is 41.3 Å². The highest BCUT2D eigenvalue weighted by Gasteiger charge is 2.42. The molecular weight excluding hydrogens is 412 g/mol. The Labute approximate surface area is 175 Å². The fourth-order valence-electron chi connectivity index (χ4n) is 3.15. The second-order valence-electron chi connectivity index (χ2n) is 8.23. The normalized spacial score (nSPS) is 18.7. The van der Waals surface area contributed by atoms with Gasteiger partial charge in [0.1, 0.15) is 0 Å². The molecule has 1 saturated heterocycles. The van der Waals surface area contributed by atoms with Crippen LogP contribution in [0.1, 0.15) is 43.6 Å². The van der Waals surface area contributed by atoms with E-state index in [9.17, 15) is 18.0 Å². The Morgan fingerprint density at radius 3 is 2.28 bits per heavy atom. The first kappa shape index (κ1) is 21.3. The molecule has 154 valence electrons. The van der Waals surface area contributed by atoms with Crippen molar-refractivity contribution in [3.8, 4) is 0 Å². The fourth-order valence-corrected chi connectivity index (χ4v) is 5.17. The Kier molecular flexibility index (Phi) is 5.49. The van der Waals surface area contributed by atoms with E-state index in [0.29, 0.717) is 5.69 Å². The van der Waals surface area contributed by atoms with E-state index in [1.807, 2.05) is 12.1 Å². The fraction of sp³-hybridized carbons (Fsp3) is 0.333. The van der Waals surface area contributed by atoms with Crippen molar-refractivity contribution in [3.05, 3.63) is 58.6 Å². The molecule has 8 heteroatoms. The van der Waals surface area contributed by atoms with Gasteiger partial charge in [0, 0.05) is 5.69 Å². The lowest BCUT2D eigenvalue weighted by Gasteiger charge is -2.19. The molecule has 1 fully saturated rings. The van der Waals surface area contributed by atoms with E-state index >= 15 is 0 Å². The second-order valence-corrected chi connectivity index (χ2v) is 10.5. The number of halogens is 1. The molecule has 0 bridgehead atoms. The number of carbonyl (C=O) groups excluding carboxylic acids is 2. The molecule has 3 rings (SSSR count). The summed E-state index contributed by atoms with van der Waals surface area (Å²) in [5.41, 5.74) is 1.90. The summed E-state index contributed by atoms with van der Waals surface area (Å²) in [6.45, 7) is 7.85. The Morgan fingerprint density at radius 1 is 1.14 bits per heavy atom. The zero-order valence-corrected chi connectivity index (χ0v) is 18.3. The number of hydrogen-bond donors (Lipinski definition) is 1. The highest BCUT2D eigenvalue weighted by molar-refractivity contribution is 7.94. The molecule has 0 aromatic heterocycles. The minimum absolute atomic E-state index is 0.00886. The SMILES string of the molecule is CC1CS(=O)(=O)N(c2ccc(Cl)c(C(=O)Nc3ccc(C(C)(C)C)cc3)c2)C1=O. The third-order valence-electron chi connectivity index (χ3n) is 4.80. The average molecular weight is 435 g/mol. The minimum atomic E-state index is -3.76. The number of nitrogens with one attached hydrogen (secondary N) is 1. The summed E-state index contributed by atoms with van der Waals surface area (Å²) in [4.78, 5) is 25.0. The lowest BCUT2D eigenvalue weighted by molar-refractivity contribution is -0.119. The van der Waals surface area contributed by atoms with Crippen LogP contribution in [-0.4, -0.2) is 26.0 Å². The van der Waals surface area contributed by atoms with Crippen molar-refractivity contribution in [1.29, 1.82) is 0 Å². The zero-order valence-electron chi connectivity index (χ0n) is 16.7. The largest absolute Gasteiger partial charge is 0.322 e. The molecule has 29 heavy (non-hydrogen) atoms. The number of benzene rings is 2. The van der Waals surface area contributed by atoms with Crippen molar-refractivity contribution in [2.75, 3.05) is 15.4 Å². The van der Waals surface area contributed by atoms with E-state index in [1.165, 1.54) is 18.2 Å². The van der Waals surface area contributed by atoms with Crippen LogP contribution in [0.2, 0.25) is 5.02 Å². The van der Waals surface area contributed by atoms with Gasteiger partial charge in [0.15, 0.2) is 0 Å². The highest BCUT2D eigenvalue weighted by Crippen LogP contribution is 2.31. The first-order valence-electron chi connectivity index (χ1n) is 9.18. The van der Waals surface area contributed by atoms with E-state index in [-0.39, 0.29) is 27.4 Å². The van der Waals surface area contributed by atoms with Gasteiger partial charge in [-0.15, -0.1) is 0 Å². The van der Waals surface area contributed by atoms with E-state index in [4.69, 9.17) is 11.6 Å². The number of amides is 2. The molecule has 2 aromatic rings. The van der Waals surface area contributed by atoms with E-state index in [2.05, 4.69) is 26.1 Å². The van der Waals surface area contributed by atoms with Gasteiger partial charge < -0.3 is 5.32 Å². The second kappa shape index (κ2) is 7.46. The van der Waals surface area contributed by atoms with Crippen molar-refractivity contribution in [1.82, 2.24) is 0 Å². The minimum Gasteiger partial charge on any atom is -0.322 e. The molecule has 0 saturated carbocycles. The van der Waals surface area contributed by atoms with E-state index in [1.54, 1.807) is 19.1 Å². The quantitative estimate of drug-likeness (QED) is 0.784. The summed E-state index contributed by atoms with van der Waals surface area (Å²) >= 11 is 6.17. The molecular formula is C21H23ClN2O4S. The van der Waals surface area contributed by atoms with Crippen LogP contribution in [0, 0.1) is 5.92 Å². The molecule has 1 N–H and O–H groups in total. The Bertz CT molecular complexity index is 1070. The van der Waals surface area contributed by atoms with E-state index in [0.717, 1.165) is 9.87 Å². The maximum atomic E-state index is 12.7. The van der Waals surface area contributed by atoms with Crippen LogP contribution in [0.3, 0.4) is 0 Å². The first-order chi connectivity index (χ1) is 13.4. The van der Waals surface area contributed by atoms with Gasteiger partial charge in [0.25, 0.3) is 5.91 Å². The monoisotopic (exact) mass is 434 g/mol.